The number of hydrogen-bond donors (Lipinski definition) is 2. The maximum atomic E-state index is 14.0. The van der Waals surface area contributed by atoms with Crippen molar-refractivity contribution in [1.82, 2.24) is 0 Å². The lowest BCUT2D eigenvalue weighted by atomic mass is 9.82. The molecule has 0 unspecified atom stereocenters. The monoisotopic (exact) mass is 578 g/mol. The molecule has 2 nitrogen and oxygen atoms in total. The van der Waals surface area contributed by atoms with Crippen molar-refractivity contribution in [2.24, 2.45) is 0 Å². The fourth-order valence-electron chi connectivity index (χ4n) is 2.56. The highest BCUT2D eigenvalue weighted by molar-refractivity contribution is 5.42. The molecule has 0 radical (unpaired) electrons. The minimum absolute atomic E-state index is 1.63. The summed E-state index contributed by atoms with van der Waals surface area (Å²) >= 11 is 0. The van der Waals surface area contributed by atoms with Gasteiger partial charge < -0.3 is 10.2 Å². The molecule has 0 aromatic heterocycles. The van der Waals surface area contributed by atoms with Crippen LogP contribution in [-0.2, 0) is 17.1 Å². The lowest BCUT2D eigenvalue weighted by molar-refractivity contribution is -0.378. The quantitative estimate of drug-likeness (QED) is 0.396. The fourth-order valence-corrected chi connectivity index (χ4v) is 2.56. The summed E-state index contributed by atoms with van der Waals surface area (Å²) in [5.41, 5.74) is -24.2. The largest absolute Gasteiger partial charge is 0.460 e. The van der Waals surface area contributed by atoms with E-state index in [-0.39, 0.29) is 0 Å². The van der Waals surface area contributed by atoms with Gasteiger partial charge in [0.05, 0.1) is 0 Å². The zero-order valence-corrected chi connectivity index (χ0v) is 15.8. The molecule has 0 spiro atoms. The highest BCUT2D eigenvalue weighted by Gasteiger charge is 2.77. The van der Waals surface area contributed by atoms with E-state index in [0.717, 1.165) is 0 Å². The summed E-state index contributed by atoms with van der Waals surface area (Å²) < 4.78 is 248. The molecule has 36 heavy (non-hydrogen) atoms. The molecule has 0 aliphatic heterocycles. The molecule has 1 aromatic carbocycles. The Labute approximate surface area is 183 Å². The summed E-state index contributed by atoms with van der Waals surface area (Å²) in [6.45, 7) is 0. The van der Waals surface area contributed by atoms with Crippen LogP contribution in [0.15, 0.2) is 18.2 Å². The van der Waals surface area contributed by atoms with Crippen molar-refractivity contribution in [2.75, 3.05) is 0 Å². The van der Waals surface area contributed by atoms with Gasteiger partial charge in [0.15, 0.2) is 0 Å². The summed E-state index contributed by atoms with van der Waals surface area (Å²) in [7, 11) is 0. The highest BCUT2D eigenvalue weighted by atomic mass is 19.4. The standard InChI is InChI=1S/C15H5F19O2/c16-9(17,10(18,19)15(32,33)34)6-2-4(7(35,11(20,21)22)12(23,24)25)1-5(3-6)8(36,13(26,27)28)14(29,30)31/h1-3,35-36H. The van der Waals surface area contributed by atoms with Crippen LogP contribution in [0.25, 0.3) is 0 Å². The molecule has 0 saturated carbocycles. The Morgan fingerprint density at radius 3 is 0.778 bits per heavy atom. The van der Waals surface area contributed by atoms with E-state index in [1.807, 2.05) is 0 Å². The second-order valence-corrected chi connectivity index (χ2v) is 6.86. The van der Waals surface area contributed by atoms with E-state index in [9.17, 15) is 83.4 Å². The molecule has 0 bridgehead atoms. The molecule has 21 heteroatoms. The van der Waals surface area contributed by atoms with Crippen LogP contribution in [0.4, 0.5) is 83.4 Å². The Balaban J connectivity index is 4.43. The van der Waals surface area contributed by atoms with E-state index in [1.54, 1.807) is 0 Å². The number of hydrogen-bond acceptors (Lipinski definition) is 2. The van der Waals surface area contributed by atoms with Gasteiger partial charge in [-0.05, 0) is 18.2 Å². The average Bonchev–Trinajstić information content (AvgIpc) is 2.61. The molecular formula is C15H5F19O2. The van der Waals surface area contributed by atoms with Gasteiger partial charge in [-0.1, -0.05) is 0 Å². The van der Waals surface area contributed by atoms with Gasteiger partial charge >= 0.3 is 42.7 Å². The van der Waals surface area contributed by atoms with Gasteiger partial charge in [-0.2, -0.15) is 83.4 Å². The molecule has 0 amide bonds. The van der Waals surface area contributed by atoms with Gasteiger partial charge in [-0.25, -0.2) is 0 Å². The molecular weight excluding hydrogens is 573 g/mol. The number of benzene rings is 1. The van der Waals surface area contributed by atoms with Crippen LogP contribution in [0.2, 0.25) is 0 Å². The maximum Gasteiger partial charge on any atom is 0.460 e. The molecule has 0 fully saturated rings. The van der Waals surface area contributed by atoms with E-state index >= 15 is 0 Å². The van der Waals surface area contributed by atoms with E-state index in [1.165, 1.54) is 0 Å². The van der Waals surface area contributed by atoms with Crippen molar-refractivity contribution < 1.29 is 93.6 Å². The lowest BCUT2D eigenvalue weighted by Crippen LogP contribution is -2.56. The van der Waals surface area contributed by atoms with Gasteiger partial charge in [-0.15, -0.1) is 0 Å². The van der Waals surface area contributed by atoms with E-state index < -0.39 is 88.8 Å². The zero-order chi connectivity index (χ0) is 29.4. The normalized spacial score (nSPS) is 15.9. The van der Waals surface area contributed by atoms with Crippen molar-refractivity contribution in [3.8, 4) is 0 Å². The first kappa shape index (κ1) is 31.8. The van der Waals surface area contributed by atoms with Gasteiger partial charge in [0.2, 0.25) is 0 Å². The van der Waals surface area contributed by atoms with Crippen LogP contribution in [-0.4, -0.2) is 47.0 Å². The maximum absolute atomic E-state index is 14.0. The minimum Gasteiger partial charge on any atom is -0.369 e. The molecule has 0 saturated heterocycles. The van der Waals surface area contributed by atoms with Crippen LogP contribution in [0.5, 0.6) is 0 Å². The van der Waals surface area contributed by atoms with Crippen LogP contribution in [0.3, 0.4) is 0 Å². The van der Waals surface area contributed by atoms with Gasteiger partial charge in [-0.3, -0.25) is 0 Å². The lowest BCUT2D eigenvalue weighted by Gasteiger charge is -2.37. The smallest absolute Gasteiger partial charge is 0.369 e. The summed E-state index contributed by atoms with van der Waals surface area (Å²) in [6, 6.07) is -4.97. The second-order valence-electron chi connectivity index (χ2n) is 6.86. The van der Waals surface area contributed by atoms with Crippen molar-refractivity contribution in [3.63, 3.8) is 0 Å². The van der Waals surface area contributed by atoms with Crippen molar-refractivity contribution in [1.29, 1.82) is 0 Å². The minimum atomic E-state index is -7.53. The number of rotatable bonds is 4. The van der Waals surface area contributed by atoms with Gasteiger partial charge in [0, 0.05) is 16.7 Å². The van der Waals surface area contributed by atoms with Crippen LogP contribution < -0.4 is 0 Å². The van der Waals surface area contributed by atoms with E-state index in [0.29, 0.717) is 0 Å². The Bertz CT molecular complexity index is 875. The molecule has 1 rings (SSSR count). The highest BCUT2D eigenvalue weighted by Crippen LogP contribution is 2.57. The van der Waals surface area contributed by atoms with Crippen molar-refractivity contribution in [3.05, 3.63) is 34.9 Å². The zero-order valence-electron chi connectivity index (χ0n) is 15.8. The van der Waals surface area contributed by atoms with Gasteiger partial charge in [0.25, 0.3) is 11.2 Å². The van der Waals surface area contributed by atoms with E-state index in [2.05, 4.69) is 0 Å². The molecule has 0 aliphatic carbocycles. The summed E-state index contributed by atoms with van der Waals surface area (Å²) in [6.07, 6.45) is -36.5. The first-order valence-corrected chi connectivity index (χ1v) is 8.02. The average molecular weight is 578 g/mol. The summed E-state index contributed by atoms with van der Waals surface area (Å²) in [4.78, 5) is 0. The fraction of sp³-hybridized carbons (Fsp3) is 0.600. The van der Waals surface area contributed by atoms with Gasteiger partial charge in [0.1, 0.15) is 0 Å². The predicted molar refractivity (Wildman–Crippen MR) is 73.4 cm³/mol. The first-order chi connectivity index (χ1) is 15.3. The third-order valence-corrected chi connectivity index (χ3v) is 4.52. The van der Waals surface area contributed by atoms with Crippen molar-refractivity contribution >= 4 is 0 Å². The Kier molecular flexibility index (Phi) is 7.21. The first-order valence-electron chi connectivity index (χ1n) is 8.02. The third-order valence-electron chi connectivity index (χ3n) is 4.52. The Morgan fingerprint density at radius 2 is 0.583 bits per heavy atom. The molecule has 0 aliphatic rings. The SMILES string of the molecule is OC(c1cc(C(F)(F)C(F)(F)C(F)(F)F)cc(C(O)(C(F)(F)F)C(F)(F)F)c1)(C(F)(F)F)C(F)(F)F. The van der Waals surface area contributed by atoms with Crippen molar-refractivity contribution in [2.45, 2.75) is 53.9 Å². The topological polar surface area (TPSA) is 40.5 Å². The molecule has 0 heterocycles. The van der Waals surface area contributed by atoms with Crippen LogP contribution in [0, 0.1) is 0 Å². The molecule has 2 N–H and O–H groups in total. The molecule has 0 atom stereocenters. The Hall–Kier alpha value is -2.19. The molecule has 210 valence electrons. The number of aliphatic hydroxyl groups is 2. The second kappa shape index (κ2) is 8.15. The van der Waals surface area contributed by atoms with Crippen LogP contribution in [0.1, 0.15) is 16.7 Å². The van der Waals surface area contributed by atoms with E-state index in [4.69, 9.17) is 10.2 Å². The Morgan fingerprint density at radius 1 is 0.361 bits per heavy atom. The third kappa shape index (κ3) is 4.51. The predicted octanol–water partition coefficient (Wildman–Crippen LogP) is 6.60. The summed E-state index contributed by atoms with van der Waals surface area (Å²) in [5.74, 6) is -14.7. The number of alkyl halides is 19. The van der Waals surface area contributed by atoms with Crippen LogP contribution >= 0.6 is 0 Å². The number of halogens is 19. The molecule has 1 aromatic rings. The summed E-state index contributed by atoms with van der Waals surface area (Å²) in [5, 5.41) is 18.3.